The molecule has 184 valence electrons. The summed E-state index contributed by atoms with van der Waals surface area (Å²) < 4.78 is 0. The highest BCUT2D eigenvalue weighted by Crippen LogP contribution is 2.68. The van der Waals surface area contributed by atoms with E-state index in [2.05, 4.69) is 26.1 Å². The Kier molecular flexibility index (Phi) is 7.45. The maximum atomic E-state index is 11.9. The molecule has 4 aliphatic carbocycles. The summed E-state index contributed by atoms with van der Waals surface area (Å²) >= 11 is 0. The molecule has 3 N–H and O–H groups in total. The third kappa shape index (κ3) is 4.22. The molecule has 4 fully saturated rings. The van der Waals surface area contributed by atoms with Crippen LogP contribution in [0.2, 0.25) is 0 Å². The van der Waals surface area contributed by atoms with Crippen molar-refractivity contribution in [3.8, 4) is 0 Å². The molecule has 0 spiro atoms. The summed E-state index contributed by atoms with van der Waals surface area (Å²) in [5.41, 5.74) is 0.694. The molecule has 4 nitrogen and oxygen atoms in total. The summed E-state index contributed by atoms with van der Waals surface area (Å²) in [6.45, 7) is 10.4. The molecular formula is C28H49NO3. The van der Waals surface area contributed by atoms with Gasteiger partial charge >= 0.3 is 0 Å². The number of hydrogen-bond donors (Lipinski definition) is 3. The van der Waals surface area contributed by atoms with Crippen LogP contribution in [0, 0.1) is 46.3 Å². The molecule has 4 rings (SSSR count). The molecule has 0 bridgehead atoms. The summed E-state index contributed by atoms with van der Waals surface area (Å²) in [5, 5.41) is 24.2. The molecule has 0 saturated heterocycles. The lowest BCUT2D eigenvalue weighted by molar-refractivity contribution is -0.167. The van der Waals surface area contributed by atoms with Gasteiger partial charge in [0.15, 0.2) is 0 Å². The summed E-state index contributed by atoms with van der Waals surface area (Å²) in [6.07, 6.45) is 12.0. The third-order valence-corrected chi connectivity index (χ3v) is 11.3. The number of fused-ring (bicyclic) bond motifs is 5. The van der Waals surface area contributed by atoms with Crippen molar-refractivity contribution < 1.29 is 15.0 Å². The number of nitrogens with one attached hydrogen (secondary N) is 1. The normalized spacial score (nSPS) is 46.8. The van der Waals surface area contributed by atoms with Crippen molar-refractivity contribution in [3.63, 3.8) is 0 Å². The first-order valence-electron chi connectivity index (χ1n) is 13.8. The number of aliphatic hydroxyl groups is 2. The molecule has 0 heterocycles. The Balaban J connectivity index is 1.48. The maximum absolute atomic E-state index is 11.9. The second-order valence-corrected chi connectivity index (χ2v) is 12.6. The zero-order valence-corrected chi connectivity index (χ0v) is 21.1. The highest BCUT2D eigenvalue weighted by molar-refractivity contribution is 5.77. The van der Waals surface area contributed by atoms with Gasteiger partial charge in [-0.3, -0.25) is 4.79 Å². The van der Waals surface area contributed by atoms with Crippen molar-refractivity contribution in [1.82, 2.24) is 5.32 Å². The first kappa shape index (κ1) is 24.7. The Morgan fingerprint density at radius 2 is 1.78 bits per heavy atom. The van der Waals surface area contributed by atoms with Crippen molar-refractivity contribution in [3.05, 3.63) is 0 Å². The Hall–Kier alpha value is -0.450. The van der Waals surface area contributed by atoms with Crippen molar-refractivity contribution >= 4 is 5.78 Å². The van der Waals surface area contributed by atoms with Crippen LogP contribution in [-0.4, -0.2) is 41.3 Å². The number of Topliss-reactive ketones (excluding diaryl/α,β-unsaturated/α-hetero) is 1. The van der Waals surface area contributed by atoms with E-state index in [1.165, 1.54) is 38.5 Å². The largest absolute Gasteiger partial charge is 0.395 e. The summed E-state index contributed by atoms with van der Waals surface area (Å²) in [7, 11) is 0. The minimum absolute atomic E-state index is 0.157. The number of carbonyl (C=O) groups excluding carboxylic acids is 1. The van der Waals surface area contributed by atoms with E-state index >= 15 is 0 Å². The lowest BCUT2D eigenvalue weighted by Crippen LogP contribution is -2.59. The van der Waals surface area contributed by atoms with E-state index in [9.17, 15) is 15.0 Å². The van der Waals surface area contributed by atoms with Gasteiger partial charge in [0, 0.05) is 25.4 Å². The predicted octanol–water partition coefficient (Wildman–Crippen LogP) is 4.96. The Labute approximate surface area is 196 Å². The van der Waals surface area contributed by atoms with Gasteiger partial charge in [-0.1, -0.05) is 27.7 Å². The number of ketones is 1. The minimum atomic E-state index is -0.157. The lowest BCUT2D eigenvalue weighted by atomic mass is 9.43. The topological polar surface area (TPSA) is 69.6 Å². The van der Waals surface area contributed by atoms with E-state index < -0.39 is 0 Å². The summed E-state index contributed by atoms with van der Waals surface area (Å²) in [5.74, 6) is 4.09. The van der Waals surface area contributed by atoms with Crippen molar-refractivity contribution in [2.24, 2.45) is 46.3 Å². The number of rotatable bonds is 8. The lowest BCUT2D eigenvalue weighted by Gasteiger charge is -2.62. The van der Waals surface area contributed by atoms with Gasteiger partial charge in [0.2, 0.25) is 0 Å². The Bertz CT molecular complexity index is 667. The third-order valence-electron chi connectivity index (χ3n) is 11.3. The zero-order valence-electron chi connectivity index (χ0n) is 21.1. The molecule has 10 atom stereocenters. The number of carbonyl (C=O) groups is 1. The molecule has 32 heavy (non-hydrogen) atoms. The fourth-order valence-corrected chi connectivity index (χ4v) is 9.42. The van der Waals surface area contributed by atoms with Crippen LogP contribution in [0.1, 0.15) is 98.3 Å². The van der Waals surface area contributed by atoms with E-state index in [4.69, 9.17) is 0 Å². The fourth-order valence-electron chi connectivity index (χ4n) is 9.42. The molecule has 4 saturated carbocycles. The highest BCUT2D eigenvalue weighted by Gasteiger charge is 2.62. The van der Waals surface area contributed by atoms with Crippen LogP contribution >= 0.6 is 0 Å². The Morgan fingerprint density at radius 1 is 1.06 bits per heavy atom. The molecule has 3 unspecified atom stereocenters. The molecule has 0 aromatic rings. The summed E-state index contributed by atoms with van der Waals surface area (Å²) in [6, 6.07) is 0.500. The molecule has 0 radical (unpaired) electrons. The number of aliphatic hydroxyl groups excluding tert-OH is 2. The van der Waals surface area contributed by atoms with Gasteiger partial charge in [-0.05, 0) is 104 Å². The number of hydrogen-bond acceptors (Lipinski definition) is 4. The van der Waals surface area contributed by atoms with Crippen LogP contribution in [0.4, 0.5) is 0 Å². The van der Waals surface area contributed by atoms with E-state index in [1.54, 1.807) is 0 Å². The molecular weight excluding hydrogens is 398 g/mol. The van der Waals surface area contributed by atoms with Gasteiger partial charge in [0.1, 0.15) is 5.78 Å². The van der Waals surface area contributed by atoms with Crippen LogP contribution in [0.5, 0.6) is 0 Å². The van der Waals surface area contributed by atoms with Crippen molar-refractivity contribution in [2.75, 3.05) is 13.2 Å². The van der Waals surface area contributed by atoms with Gasteiger partial charge in [-0.2, -0.15) is 0 Å². The van der Waals surface area contributed by atoms with Crippen LogP contribution in [0.25, 0.3) is 0 Å². The van der Waals surface area contributed by atoms with Crippen LogP contribution in [-0.2, 0) is 4.79 Å². The van der Waals surface area contributed by atoms with E-state index in [0.29, 0.717) is 71.1 Å². The van der Waals surface area contributed by atoms with Crippen LogP contribution < -0.4 is 5.32 Å². The quantitative estimate of drug-likeness (QED) is 0.492. The SMILES string of the molecule is CCC(=O)CC[C@@H](C)[C@H]1CCC2C3C(CC[C@@]21C)[C@@]1(C)CC[C@H](NCCO)C[C@H]1C[C@H]3O. The first-order valence-corrected chi connectivity index (χ1v) is 13.8. The average molecular weight is 448 g/mol. The van der Waals surface area contributed by atoms with E-state index in [0.717, 1.165) is 25.7 Å². The standard InChI is InChI=1S/C28H49NO3/c1-5-21(31)7-6-18(2)22-8-9-23-26-24(11-13-28(22,23)4)27(3)12-10-20(29-14-15-30)16-19(27)17-25(26)32/h18-20,22-26,29-30,32H,5-17H2,1-4H3/t18-,19+,20+,22-,23?,24?,25-,26?,27+,28-/m1/s1. The van der Waals surface area contributed by atoms with Gasteiger partial charge in [-0.15, -0.1) is 0 Å². The average Bonchev–Trinajstić information content (AvgIpc) is 3.13. The predicted molar refractivity (Wildman–Crippen MR) is 129 cm³/mol. The van der Waals surface area contributed by atoms with Crippen LogP contribution in [0.3, 0.4) is 0 Å². The summed E-state index contributed by atoms with van der Waals surface area (Å²) in [4.78, 5) is 11.9. The molecule has 0 aromatic heterocycles. The molecule has 0 amide bonds. The fraction of sp³-hybridized carbons (Fsp3) is 0.964. The van der Waals surface area contributed by atoms with E-state index in [-0.39, 0.29) is 12.7 Å². The first-order chi connectivity index (χ1) is 15.2. The maximum Gasteiger partial charge on any atom is 0.132 e. The molecule has 4 aliphatic rings. The second kappa shape index (κ2) is 9.66. The highest BCUT2D eigenvalue weighted by atomic mass is 16.3. The zero-order chi connectivity index (χ0) is 23.1. The van der Waals surface area contributed by atoms with Crippen molar-refractivity contribution in [2.45, 2.75) is 110 Å². The minimum Gasteiger partial charge on any atom is -0.395 e. The van der Waals surface area contributed by atoms with Gasteiger partial charge in [0.25, 0.3) is 0 Å². The monoisotopic (exact) mass is 447 g/mol. The smallest absolute Gasteiger partial charge is 0.132 e. The Morgan fingerprint density at radius 3 is 2.50 bits per heavy atom. The second-order valence-electron chi connectivity index (χ2n) is 12.6. The van der Waals surface area contributed by atoms with Gasteiger partial charge in [0.05, 0.1) is 12.7 Å². The van der Waals surface area contributed by atoms with Gasteiger partial charge in [-0.25, -0.2) is 0 Å². The van der Waals surface area contributed by atoms with Crippen molar-refractivity contribution in [1.29, 1.82) is 0 Å². The molecule has 4 heteroatoms. The van der Waals surface area contributed by atoms with E-state index in [1.807, 2.05) is 6.92 Å². The van der Waals surface area contributed by atoms with Crippen LogP contribution in [0.15, 0.2) is 0 Å². The molecule has 0 aliphatic heterocycles. The van der Waals surface area contributed by atoms with Gasteiger partial charge < -0.3 is 15.5 Å². The molecule has 0 aromatic carbocycles.